The Labute approximate surface area is 121 Å². The average Bonchev–Trinajstić information content (AvgIpc) is 2.47. The molecular formula is C14H15N3O4. The second kappa shape index (κ2) is 6.22. The number of hydrogen-bond acceptors (Lipinski definition) is 5. The lowest BCUT2D eigenvalue weighted by Crippen LogP contribution is -2.37. The number of benzene rings is 1. The molecule has 1 aliphatic carbocycles. The second-order valence-corrected chi connectivity index (χ2v) is 5.05. The van der Waals surface area contributed by atoms with Crippen LogP contribution >= 0.6 is 0 Å². The number of rotatable bonds is 4. The fourth-order valence-corrected chi connectivity index (χ4v) is 2.75. The average molecular weight is 289 g/mol. The third-order valence-corrected chi connectivity index (χ3v) is 3.76. The molecule has 7 heteroatoms. The van der Waals surface area contributed by atoms with E-state index in [1.54, 1.807) is 12.1 Å². The lowest BCUT2D eigenvalue weighted by Gasteiger charge is -2.29. The van der Waals surface area contributed by atoms with Crippen molar-refractivity contribution in [1.29, 1.82) is 5.26 Å². The summed E-state index contributed by atoms with van der Waals surface area (Å²) in [5, 5.41) is 32.3. The van der Waals surface area contributed by atoms with Crippen molar-refractivity contribution in [3.8, 4) is 6.07 Å². The first kappa shape index (κ1) is 14.8. The van der Waals surface area contributed by atoms with Crippen LogP contribution in [0.3, 0.4) is 0 Å². The van der Waals surface area contributed by atoms with Crippen LogP contribution in [-0.2, 0) is 4.79 Å². The van der Waals surface area contributed by atoms with Gasteiger partial charge in [0.2, 0.25) is 0 Å². The molecule has 0 aromatic heterocycles. The molecule has 0 radical (unpaired) electrons. The molecule has 2 unspecified atom stereocenters. The summed E-state index contributed by atoms with van der Waals surface area (Å²) >= 11 is 0. The van der Waals surface area contributed by atoms with E-state index in [-0.39, 0.29) is 23.0 Å². The quantitative estimate of drug-likeness (QED) is 0.649. The highest BCUT2D eigenvalue weighted by atomic mass is 16.6. The van der Waals surface area contributed by atoms with Crippen LogP contribution in [0, 0.1) is 27.4 Å². The van der Waals surface area contributed by atoms with Gasteiger partial charge in [-0.05, 0) is 25.0 Å². The van der Waals surface area contributed by atoms with Crippen molar-refractivity contribution in [3.05, 3.63) is 33.9 Å². The molecule has 0 heterocycles. The Kier molecular flexibility index (Phi) is 4.38. The Balaban J connectivity index is 2.32. The van der Waals surface area contributed by atoms with Gasteiger partial charge in [-0.25, -0.2) is 0 Å². The Morgan fingerprint density at radius 1 is 1.43 bits per heavy atom. The van der Waals surface area contributed by atoms with Gasteiger partial charge in [0.15, 0.2) is 0 Å². The summed E-state index contributed by atoms with van der Waals surface area (Å²) in [5.41, 5.74) is -0.125. The molecule has 1 saturated carbocycles. The predicted molar refractivity (Wildman–Crippen MR) is 74.8 cm³/mol. The van der Waals surface area contributed by atoms with E-state index in [1.165, 1.54) is 12.1 Å². The maximum atomic E-state index is 11.3. The Morgan fingerprint density at radius 3 is 2.76 bits per heavy atom. The summed E-state index contributed by atoms with van der Waals surface area (Å²) in [6.07, 6.45) is 2.92. The van der Waals surface area contributed by atoms with Gasteiger partial charge in [0.05, 0.1) is 10.8 Å². The summed E-state index contributed by atoms with van der Waals surface area (Å²) < 4.78 is 0. The van der Waals surface area contributed by atoms with Gasteiger partial charge in [0, 0.05) is 6.04 Å². The lowest BCUT2D eigenvalue weighted by atomic mass is 9.84. The highest BCUT2D eigenvalue weighted by molar-refractivity contribution is 5.73. The molecule has 0 amide bonds. The maximum absolute atomic E-state index is 11.3. The molecule has 0 saturated heterocycles. The number of nitrogens with zero attached hydrogens (tertiary/aromatic N) is 2. The minimum Gasteiger partial charge on any atom is -0.481 e. The van der Waals surface area contributed by atoms with Crippen LogP contribution in [-0.4, -0.2) is 22.0 Å². The summed E-state index contributed by atoms with van der Waals surface area (Å²) in [6, 6.07) is 5.86. The molecule has 1 aromatic carbocycles. The largest absolute Gasteiger partial charge is 0.481 e. The van der Waals surface area contributed by atoms with Gasteiger partial charge in [0.1, 0.15) is 17.3 Å². The van der Waals surface area contributed by atoms with Crippen LogP contribution in [0.5, 0.6) is 0 Å². The molecule has 0 spiro atoms. The minimum absolute atomic E-state index is 0.0346. The van der Waals surface area contributed by atoms with Gasteiger partial charge < -0.3 is 10.4 Å². The van der Waals surface area contributed by atoms with Crippen LogP contribution in [0.4, 0.5) is 11.4 Å². The van der Waals surface area contributed by atoms with E-state index in [4.69, 9.17) is 5.26 Å². The first-order valence-electron chi connectivity index (χ1n) is 6.71. The van der Waals surface area contributed by atoms with Gasteiger partial charge in [0.25, 0.3) is 0 Å². The topological polar surface area (TPSA) is 116 Å². The molecule has 21 heavy (non-hydrogen) atoms. The molecular weight excluding hydrogens is 274 g/mol. The first-order valence-corrected chi connectivity index (χ1v) is 6.71. The van der Waals surface area contributed by atoms with Crippen molar-refractivity contribution < 1.29 is 14.8 Å². The third kappa shape index (κ3) is 3.11. The molecule has 0 bridgehead atoms. The summed E-state index contributed by atoms with van der Waals surface area (Å²) in [7, 11) is 0. The number of nitro benzene ring substituents is 1. The van der Waals surface area contributed by atoms with E-state index < -0.39 is 16.8 Å². The number of para-hydroxylation sites is 1. The van der Waals surface area contributed by atoms with Crippen molar-refractivity contribution in [1.82, 2.24) is 0 Å². The van der Waals surface area contributed by atoms with Crippen molar-refractivity contribution in [2.24, 2.45) is 5.92 Å². The van der Waals surface area contributed by atoms with Gasteiger partial charge >= 0.3 is 11.7 Å². The van der Waals surface area contributed by atoms with Crippen molar-refractivity contribution in [2.75, 3.05) is 5.32 Å². The fourth-order valence-electron chi connectivity index (χ4n) is 2.75. The number of nitro groups is 1. The van der Waals surface area contributed by atoms with E-state index in [1.807, 2.05) is 0 Å². The van der Waals surface area contributed by atoms with Gasteiger partial charge in [-0.15, -0.1) is 0 Å². The molecule has 2 N–H and O–H groups in total. The zero-order valence-electron chi connectivity index (χ0n) is 11.3. The van der Waals surface area contributed by atoms with Gasteiger partial charge in [-0.3, -0.25) is 14.9 Å². The van der Waals surface area contributed by atoms with Gasteiger partial charge in [-0.1, -0.05) is 18.9 Å². The van der Waals surface area contributed by atoms with E-state index in [2.05, 4.69) is 5.32 Å². The molecule has 0 aliphatic heterocycles. The highest BCUT2D eigenvalue weighted by Gasteiger charge is 2.32. The standard InChI is InChI=1S/C14H15N3O4/c15-8-9-4-3-7-12(13(9)17(20)21)16-11-6-2-1-5-10(11)14(18)19/h3-4,7,10-11,16H,1-2,5-6H2,(H,18,19). The first-order chi connectivity index (χ1) is 10.0. The Bertz CT molecular complexity index is 609. The maximum Gasteiger partial charge on any atom is 0.309 e. The monoisotopic (exact) mass is 289 g/mol. The van der Waals surface area contributed by atoms with E-state index >= 15 is 0 Å². The summed E-state index contributed by atoms with van der Waals surface area (Å²) in [4.78, 5) is 21.8. The van der Waals surface area contributed by atoms with Crippen molar-refractivity contribution in [2.45, 2.75) is 31.7 Å². The van der Waals surface area contributed by atoms with Crippen LogP contribution in [0.15, 0.2) is 18.2 Å². The number of carboxylic acid groups (broad SMARTS) is 1. The molecule has 7 nitrogen and oxygen atoms in total. The molecule has 2 rings (SSSR count). The minimum atomic E-state index is -0.897. The normalized spacial score (nSPS) is 21.3. The second-order valence-electron chi connectivity index (χ2n) is 5.05. The number of carbonyl (C=O) groups is 1. The van der Waals surface area contributed by atoms with E-state index in [0.29, 0.717) is 12.8 Å². The number of aliphatic carboxylic acids is 1. The molecule has 110 valence electrons. The lowest BCUT2D eigenvalue weighted by molar-refractivity contribution is -0.384. The Hall–Kier alpha value is -2.62. The molecule has 2 atom stereocenters. The van der Waals surface area contributed by atoms with E-state index in [9.17, 15) is 20.0 Å². The fraction of sp³-hybridized carbons (Fsp3) is 0.429. The van der Waals surface area contributed by atoms with Crippen molar-refractivity contribution >= 4 is 17.3 Å². The zero-order valence-corrected chi connectivity index (χ0v) is 11.3. The number of nitriles is 1. The van der Waals surface area contributed by atoms with Gasteiger partial charge in [-0.2, -0.15) is 5.26 Å². The number of nitrogens with one attached hydrogen (secondary N) is 1. The van der Waals surface area contributed by atoms with Crippen LogP contribution < -0.4 is 5.32 Å². The smallest absolute Gasteiger partial charge is 0.309 e. The molecule has 1 aromatic rings. The van der Waals surface area contributed by atoms with Crippen LogP contribution in [0.2, 0.25) is 0 Å². The van der Waals surface area contributed by atoms with Crippen LogP contribution in [0.25, 0.3) is 0 Å². The summed E-state index contributed by atoms with van der Waals surface area (Å²) in [5.74, 6) is -1.46. The zero-order chi connectivity index (χ0) is 15.4. The third-order valence-electron chi connectivity index (χ3n) is 3.76. The van der Waals surface area contributed by atoms with E-state index in [0.717, 1.165) is 12.8 Å². The number of hydrogen-bond donors (Lipinski definition) is 2. The summed E-state index contributed by atoms with van der Waals surface area (Å²) in [6.45, 7) is 0. The number of anilines is 1. The van der Waals surface area contributed by atoms with Crippen LogP contribution in [0.1, 0.15) is 31.2 Å². The van der Waals surface area contributed by atoms with Crippen molar-refractivity contribution in [3.63, 3.8) is 0 Å². The number of carboxylic acids is 1. The Morgan fingerprint density at radius 2 is 2.14 bits per heavy atom. The molecule has 1 aliphatic rings. The highest BCUT2D eigenvalue weighted by Crippen LogP contribution is 2.33. The predicted octanol–water partition coefficient (Wildman–Crippen LogP) is 2.52. The molecule has 1 fully saturated rings. The SMILES string of the molecule is N#Cc1cccc(NC2CCCCC2C(=O)O)c1[N+](=O)[O-].